The maximum Gasteiger partial charge on any atom is 0.170 e. The molecule has 0 bridgehead atoms. The Bertz CT molecular complexity index is 1250. The first-order chi connectivity index (χ1) is 14.6. The Morgan fingerprint density at radius 2 is 1.00 bits per heavy atom. The van der Waals surface area contributed by atoms with Crippen molar-refractivity contribution in [3.63, 3.8) is 0 Å². The first kappa shape index (κ1) is 19.6. The lowest BCUT2D eigenvalue weighted by Crippen LogP contribution is -1.95. The van der Waals surface area contributed by atoms with E-state index in [9.17, 15) is 10.5 Å². The minimum atomic E-state index is 0.221. The summed E-state index contributed by atoms with van der Waals surface area (Å²) < 4.78 is 12.1. The van der Waals surface area contributed by atoms with E-state index < -0.39 is 0 Å². The summed E-state index contributed by atoms with van der Waals surface area (Å²) in [5, 5.41) is 21.3. The van der Waals surface area contributed by atoms with Crippen molar-refractivity contribution in [1.82, 2.24) is 0 Å². The van der Waals surface area contributed by atoms with Gasteiger partial charge in [-0.25, -0.2) is 0 Å². The molecule has 0 atom stereocenters. The van der Waals surface area contributed by atoms with E-state index >= 15 is 0 Å². The summed E-state index contributed by atoms with van der Waals surface area (Å²) >= 11 is 12.3. The molecule has 0 aliphatic carbocycles. The maximum atomic E-state index is 9.46. The van der Waals surface area contributed by atoms with Crippen LogP contribution in [0.25, 0.3) is 10.8 Å². The van der Waals surface area contributed by atoms with Crippen molar-refractivity contribution in [3.8, 4) is 35.1 Å². The minimum absolute atomic E-state index is 0.221. The highest BCUT2D eigenvalue weighted by Gasteiger charge is 2.16. The molecule has 0 amide bonds. The quantitative estimate of drug-likeness (QED) is 0.336. The standard InChI is InChI=1S/C24H12Cl2N2O2/c25-19-7-3-9-21(17(19)13-27)29-23-11-15-5-1-2-6-16(15)12-24(23)30-22-10-4-8-20(26)18(22)14-28/h1-12H. The Kier molecular flexibility index (Phi) is 5.46. The molecule has 0 aliphatic heterocycles. The monoisotopic (exact) mass is 430 g/mol. The molecule has 0 saturated heterocycles. The number of benzene rings is 4. The van der Waals surface area contributed by atoms with Gasteiger partial charge in [0.05, 0.1) is 10.0 Å². The summed E-state index contributed by atoms with van der Waals surface area (Å²) in [4.78, 5) is 0. The fourth-order valence-electron chi connectivity index (χ4n) is 2.99. The largest absolute Gasteiger partial charge is 0.452 e. The smallest absolute Gasteiger partial charge is 0.170 e. The van der Waals surface area contributed by atoms with E-state index in [-0.39, 0.29) is 11.1 Å². The number of nitriles is 2. The topological polar surface area (TPSA) is 66.0 Å². The Morgan fingerprint density at radius 3 is 1.40 bits per heavy atom. The van der Waals surface area contributed by atoms with E-state index in [0.29, 0.717) is 33.0 Å². The molecule has 144 valence electrons. The Balaban J connectivity index is 1.86. The van der Waals surface area contributed by atoms with Crippen molar-refractivity contribution >= 4 is 34.0 Å². The molecule has 0 aliphatic rings. The van der Waals surface area contributed by atoms with Crippen LogP contribution in [0.2, 0.25) is 10.0 Å². The van der Waals surface area contributed by atoms with Crippen molar-refractivity contribution in [2.75, 3.05) is 0 Å². The zero-order valence-electron chi connectivity index (χ0n) is 15.4. The number of halogens is 2. The molecule has 0 aromatic heterocycles. The van der Waals surface area contributed by atoms with Crippen molar-refractivity contribution < 1.29 is 9.47 Å². The summed E-state index contributed by atoms with van der Waals surface area (Å²) in [6.45, 7) is 0. The summed E-state index contributed by atoms with van der Waals surface area (Å²) in [5.41, 5.74) is 0.442. The highest BCUT2D eigenvalue weighted by molar-refractivity contribution is 6.32. The van der Waals surface area contributed by atoms with Gasteiger partial charge in [-0.05, 0) is 47.2 Å². The first-order valence-corrected chi connectivity index (χ1v) is 9.62. The number of fused-ring (bicyclic) bond motifs is 1. The molecule has 4 rings (SSSR count). The third-order valence-corrected chi connectivity index (χ3v) is 5.06. The van der Waals surface area contributed by atoms with E-state index in [2.05, 4.69) is 12.1 Å². The van der Waals surface area contributed by atoms with Crippen LogP contribution < -0.4 is 9.47 Å². The molecular formula is C24H12Cl2N2O2. The molecule has 0 saturated carbocycles. The Hall–Kier alpha value is -3.70. The molecule has 0 radical (unpaired) electrons. The van der Waals surface area contributed by atoms with Gasteiger partial charge in [0, 0.05) is 0 Å². The van der Waals surface area contributed by atoms with E-state index in [1.165, 1.54) is 0 Å². The maximum absolute atomic E-state index is 9.46. The van der Waals surface area contributed by atoms with E-state index in [4.69, 9.17) is 32.7 Å². The number of hydrogen-bond acceptors (Lipinski definition) is 4. The molecule has 6 heteroatoms. The molecule has 4 aromatic rings. The number of nitrogens with zero attached hydrogens (tertiary/aromatic N) is 2. The third kappa shape index (κ3) is 3.75. The average molecular weight is 431 g/mol. The predicted octanol–water partition coefficient (Wildman–Crippen LogP) is 7.47. The van der Waals surface area contributed by atoms with Crippen LogP contribution >= 0.6 is 23.2 Å². The van der Waals surface area contributed by atoms with Crippen LogP contribution in [0, 0.1) is 22.7 Å². The van der Waals surface area contributed by atoms with Crippen molar-refractivity contribution in [2.24, 2.45) is 0 Å². The van der Waals surface area contributed by atoms with Gasteiger partial charge in [0.15, 0.2) is 11.5 Å². The van der Waals surface area contributed by atoms with Crippen LogP contribution in [0.1, 0.15) is 11.1 Å². The van der Waals surface area contributed by atoms with Gasteiger partial charge in [-0.3, -0.25) is 0 Å². The van der Waals surface area contributed by atoms with Crippen LogP contribution in [0.4, 0.5) is 0 Å². The molecule has 0 fully saturated rings. The molecule has 30 heavy (non-hydrogen) atoms. The minimum Gasteiger partial charge on any atom is -0.452 e. The van der Waals surface area contributed by atoms with E-state index in [1.807, 2.05) is 36.4 Å². The van der Waals surface area contributed by atoms with E-state index in [0.717, 1.165) is 10.8 Å². The number of hydrogen-bond donors (Lipinski definition) is 0. The van der Waals surface area contributed by atoms with E-state index in [1.54, 1.807) is 36.4 Å². The molecule has 0 spiro atoms. The molecule has 0 heterocycles. The lowest BCUT2D eigenvalue weighted by molar-refractivity contribution is 0.418. The van der Waals surface area contributed by atoms with Gasteiger partial charge >= 0.3 is 0 Å². The molecule has 4 aromatic carbocycles. The van der Waals surface area contributed by atoms with Crippen LogP contribution in [0.3, 0.4) is 0 Å². The second kappa shape index (κ2) is 8.35. The highest BCUT2D eigenvalue weighted by atomic mass is 35.5. The molecule has 4 nitrogen and oxygen atoms in total. The average Bonchev–Trinajstić information content (AvgIpc) is 2.74. The van der Waals surface area contributed by atoms with Gasteiger partial charge in [0.2, 0.25) is 0 Å². The third-order valence-electron chi connectivity index (χ3n) is 4.43. The van der Waals surface area contributed by atoms with Crippen LogP contribution in [0.15, 0.2) is 72.8 Å². The zero-order valence-corrected chi connectivity index (χ0v) is 16.9. The summed E-state index contributed by atoms with van der Waals surface area (Å²) in [7, 11) is 0. The van der Waals surface area contributed by atoms with Crippen molar-refractivity contribution in [1.29, 1.82) is 10.5 Å². The lowest BCUT2D eigenvalue weighted by atomic mass is 10.1. The predicted molar refractivity (Wildman–Crippen MR) is 116 cm³/mol. The normalized spacial score (nSPS) is 10.3. The Morgan fingerprint density at radius 1 is 0.567 bits per heavy atom. The summed E-state index contributed by atoms with van der Waals surface area (Å²) in [6.07, 6.45) is 0. The Labute approximate surface area is 183 Å². The second-order valence-electron chi connectivity index (χ2n) is 6.30. The summed E-state index contributed by atoms with van der Waals surface area (Å²) in [6, 6.07) is 25.4. The fourth-order valence-corrected chi connectivity index (χ4v) is 3.41. The van der Waals surface area contributed by atoms with Crippen LogP contribution in [-0.4, -0.2) is 0 Å². The lowest BCUT2D eigenvalue weighted by Gasteiger charge is -2.15. The SMILES string of the molecule is N#Cc1c(Cl)cccc1Oc1cc2ccccc2cc1Oc1cccc(Cl)c1C#N. The van der Waals surface area contributed by atoms with Gasteiger partial charge < -0.3 is 9.47 Å². The van der Waals surface area contributed by atoms with Crippen molar-refractivity contribution in [3.05, 3.63) is 94.0 Å². The van der Waals surface area contributed by atoms with Gasteiger partial charge in [-0.1, -0.05) is 59.6 Å². The molecule has 0 N–H and O–H groups in total. The molecule has 0 unspecified atom stereocenters. The number of ether oxygens (including phenoxy) is 2. The second-order valence-corrected chi connectivity index (χ2v) is 7.11. The fraction of sp³-hybridized carbons (Fsp3) is 0. The van der Waals surface area contributed by atoms with Gasteiger partial charge in [0.1, 0.15) is 34.8 Å². The zero-order chi connectivity index (χ0) is 21.1. The summed E-state index contributed by atoms with van der Waals surface area (Å²) in [5.74, 6) is 1.35. The first-order valence-electron chi connectivity index (χ1n) is 8.86. The van der Waals surface area contributed by atoms with Crippen LogP contribution in [-0.2, 0) is 0 Å². The number of rotatable bonds is 4. The highest BCUT2D eigenvalue weighted by Crippen LogP contribution is 2.41. The van der Waals surface area contributed by atoms with Gasteiger partial charge in [-0.15, -0.1) is 0 Å². The molecular weight excluding hydrogens is 419 g/mol. The van der Waals surface area contributed by atoms with Gasteiger partial charge in [-0.2, -0.15) is 10.5 Å². The van der Waals surface area contributed by atoms with Crippen LogP contribution in [0.5, 0.6) is 23.0 Å². The van der Waals surface area contributed by atoms with Crippen molar-refractivity contribution in [2.45, 2.75) is 0 Å². The van der Waals surface area contributed by atoms with Gasteiger partial charge in [0.25, 0.3) is 0 Å².